The average molecular weight is 807 g/mol. The predicted octanol–water partition coefficient (Wildman–Crippen LogP) is 12.9. The summed E-state index contributed by atoms with van der Waals surface area (Å²) in [6.07, 6.45) is 5.31. The van der Waals surface area contributed by atoms with Crippen molar-refractivity contribution in [1.29, 1.82) is 0 Å². The van der Waals surface area contributed by atoms with Crippen LogP contribution in [-0.2, 0) is 0 Å². The molecule has 0 radical (unpaired) electrons. The lowest BCUT2D eigenvalue weighted by Crippen LogP contribution is -2.60. The molecule has 10 aromatic rings. The van der Waals surface area contributed by atoms with Gasteiger partial charge in [-0.05, 0) is 104 Å². The van der Waals surface area contributed by atoms with E-state index >= 15 is 0 Å². The van der Waals surface area contributed by atoms with Crippen LogP contribution in [0.25, 0.3) is 54.6 Å². The van der Waals surface area contributed by atoms with Gasteiger partial charge in [0, 0.05) is 67.8 Å². The summed E-state index contributed by atoms with van der Waals surface area (Å²) >= 11 is 0. The van der Waals surface area contributed by atoms with Gasteiger partial charge in [0.15, 0.2) is 11.2 Å². The molecule has 60 heavy (non-hydrogen) atoms. The molecule has 288 valence electrons. The summed E-state index contributed by atoms with van der Waals surface area (Å²) in [5, 5.41) is 13.1. The topological polar surface area (TPSA) is 32.8 Å². The van der Waals surface area contributed by atoms with Crippen LogP contribution in [0.1, 0.15) is 25.7 Å². The van der Waals surface area contributed by atoms with Crippen LogP contribution >= 0.6 is 0 Å². The number of nitrogens with zero attached hydrogens (tertiary/aromatic N) is 2. The van der Waals surface area contributed by atoms with E-state index in [1.165, 1.54) is 83.4 Å². The van der Waals surface area contributed by atoms with Crippen molar-refractivity contribution in [2.45, 2.75) is 49.9 Å². The van der Waals surface area contributed by atoms with Gasteiger partial charge in [-0.1, -0.05) is 123 Å². The summed E-state index contributed by atoms with van der Waals surface area (Å²) < 4.78 is 14.2. The summed E-state index contributed by atoms with van der Waals surface area (Å²) in [5.74, 6) is 0. The zero-order valence-electron chi connectivity index (χ0n) is 33.4. The molecule has 8 aromatic carbocycles. The molecule has 14 rings (SSSR count). The van der Waals surface area contributed by atoms with Crippen LogP contribution in [0.5, 0.6) is 0 Å². The third kappa shape index (κ3) is 4.25. The highest BCUT2D eigenvalue weighted by atomic mass is 28.3. The molecule has 2 aromatic heterocycles. The molecule has 0 N–H and O–H groups in total. The molecule has 0 bridgehead atoms. The number of fused-ring (bicyclic) bond motifs is 18. The fourth-order valence-corrected chi connectivity index (χ4v) is 23.7. The van der Waals surface area contributed by atoms with E-state index in [1.54, 1.807) is 20.7 Å². The van der Waals surface area contributed by atoms with E-state index in [0.29, 0.717) is 0 Å². The fraction of sp³-hybridized carbons (Fsp3) is 0.148. The van der Waals surface area contributed by atoms with Gasteiger partial charge >= 0.3 is 0 Å². The van der Waals surface area contributed by atoms with Crippen LogP contribution < -0.4 is 30.5 Å². The summed E-state index contributed by atoms with van der Waals surface area (Å²) in [4.78, 5) is 5.00. The van der Waals surface area contributed by atoms with Crippen molar-refractivity contribution in [3.05, 3.63) is 158 Å². The smallest absolute Gasteiger partial charge is 0.179 e. The van der Waals surface area contributed by atoms with Crippen LogP contribution in [-0.4, -0.2) is 16.1 Å². The van der Waals surface area contributed by atoms with Gasteiger partial charge in [0.05, 0.1) is 0 Å². The first-order valence-electron chi connectivity index (χ1n) is 21.9. The van der Waals surface area contributed by atoms with Crippen LogP contribution in [0.3, 0.4) is 0 Å². The normalized spacial score (nSPS) is 17.3. The average Bonchev–Trinajstić information content (AvgIpc) is 4.13. The minimum absolute atomic E-state index is 0.813. The van der Waals surface area contributed by atoms with Crippen molar-refractivity contribution in [2.75, 3.05) is 9.80 Å². The van der Waals surface area contributed by atoms with Crippen LogP contribution in [0, 0.1) is 0 Å². The molecule has 0 unspecified atom stereocenters. The number of rotatable bonds is 2. The van der Waals surface area contributed by atoms with Crippen molar-refractivity contribution in [1.82, 2.24) is 0 Å². The number of para-hydroxylation sites is 4. The monoisotopic (exact) mass is 806 g/mol. The molecule has 6 heteroatoms. The first kappa shape index (κ1) is 33.5. The van der Waals surface area contributed by atoms with Gasteiger partial charge in [0.2, 0.25) is 0 Å². The molecule has 0 atom stereocenters. The molecule has 4 aliphatic heterocycles. The Morgan fingerprint density at radius 1 is 0.350 bits per heavy atom. The molecular formula is C54H42N2O2Si2. The maximum absolute atomic E-state index is 7.08. The lowest BCUT2D eigenvalue weighted by Gasteiger charge is -2.42. The largest absolute Gasteiger partial charge is 0.452 e. The minimum Gasteiger partial charge on any atom is -0.452 e. The Bertz CT molecular complexity index is 3110. The van der Waals surface area contributed by atoms with Crippen LogP contribution in [0.15, 0.2) is 167 Å². The van der Waals surface area contributed by atoms with Gasteiger partial charge in [0.25, 0.3) is 0 Å². The number of anilines is 6. The zero-order valence-corrected chi connectivity index (χ0v) is 35.4. The number of hydrogen-bond donors (Lipinski definition) is 0. The van der Waals surface area contributed by atoms with E-state index in [-0.39, 0.29) is 0 Å². The van der Waals surface area contributed by atoms with E-state index in [0.717, 1.165) is 55.3 Å². The van der Waals surface area contributed by atoms with Crippen molar-refractivity contribution >= 4 is 126 Å². The Balaban J connectivity index is 0.969. The van der Waals surface area contributed by atoms with E-state index in [9.17, 15) is 0 Å². The quantitative estimate of drug-likeness (QED) is 0.163. The van der Waals surface area contributed by atoms with Crippen molar-refractivity contribution in [2.24, 2.45) is 0 Å². The van der Waals surface area contributed by atoms with Crippen LogP contribution in [0.4, 0.5) is 34.1 Å². The highest BCUT2D eigenvalue weighted by molar-refractivity contribution is 7.05. The number of hydrogen-bond acceptors (Lipinski definition) is 4. The molecule has 0 amide bonds. The molecule has 4 aliphatic rings. The van der Waals surface area contributed by atoms with Crippen molar-refractivity contribution in [3.63, 3.8) is 0 Å². The van der Waals surface area contributed by atoms with Gasteiger partial charge in [-0.3, -0.25) is 0 Å². The first-order chi connectivity index (χ1) is 29.7. The van der Waals surface area contributed by atoms with Crippen LogP contribution in [0.2, 0.25) is 24.2 Å². The third-order valence-electron chi connectivity index (χ3n) is 15.1. The Morgan fingerprint density at radius 3 is 1.05 bits per heavy atom. The predicted molar refractivity (Wildman–Crippen MR) is 256 cm³/mol. The Labute approximate surface area is 350 Å². The summed E-state index contributed by atoms with van der Waals surface area (Å²) in [6, 6.07) is 64.8. The van der Waals surface area contributed by atoms with E-state index in [4.69, 9.17) is 8.83 Å². The Kier molecular flexibility index (Phi) is 6.76. The molecule has 0 saturated carbocycles. The summed E-state index contributed by atoms with van der Waals surface area (Å²) in [5.41, 5.74) is 11.0. The van der Waals surface area contributed by atoms with Gasteiger partial charge in [-0.2, -0.15) is 0 Å². The Morgan fingerprint density at radius 2 is 0.683 bits per heavy atom. The second-order valence-corrected chi connectivity index (χ2v) is 26.3. The first-order valence-corrected chi connectivity index (χ1v) is 26.8. The summed E-state index contributed by atoms with van der Waals surface area (Å²) in [6.45, 7) is 0. The number of furan rings is 2. The number of benzene rings is 8. The summed E-state index contributed by atoms with van der Waals surface area (Å²) in [7, 11) is -3.66. The van der Waals surface area contributed by atoms with Crippen molar-refractivity contribution in [3.8, 4) is 0 Å². The maximum atomic E-state index is 7.08. The van der Waals surface area contributed by atoms with Gasteiger partial charge in [0.1, 0.15) is 27.3 Å². The van der Waals surface area contributed by atoms with E-state index in [1.807, 2.05) is 0 Å². The second-order valence-electron chi connectivity index (χ2n) is 17.8. The molecular weight excluding hydrogens is 765 g/mol. The molecule has 0 aliphatic carbocycles. The SMILES string of the molecule is c1ccc2c(c1)N(c1ccc3c(c1)oc1c4oc5cc(N6c7ccccc7[Si]7(CCCC7)c7ccccc76)ccc5c4c4ccccc4c31)c1ccccc1[Si]21CCCC1. The lowest BCUT2D eigenvalue weighted by atomic mass is 9.98. The standard InChI is InChI=1S/C54H42N2O2Si2/c1-2-16-38-37(15-1)51-39-27-25-35(55-41-17-3-7-21-47(41)59(29-11-12-30-59)48-22-8-4-18-42(48)55)33-45(39)57-53(51)54-52(38)40-28-26-36(34-46(40)58-54)56-43-19-5-9-23-49(43)60(31-13-14-32-60)50-24-10-6-20-44(50)56/h1-10,15-28,33-34H,11-14,29-32H2. The zero-order chi connectivity index (χ0) is 39.2. The third-order valence-corrected chi connectivity index (χ3v) is 25.7. The van der Waals surface area contributed by atoms with Gasteiger partial charge < -0.3 is 18.6 Å². The van der Waals surface area contributed by atoms with Gasteiger partial charge in [-0.15, -0.1) is 0 Å². The molecule has 2 fully saturated rings. The van der Waals surface area contributed by atoms with Crippen molar-refractivity contribution < 1.29 is 8.83 Å². The highest BCUT2D eigenvalue weighted by Crippen LogP contribution is 2.49. The van der Waals surface area contributed by atoms with E-state index in [2.05, 4.69) is 168 Å². The Hall–Kier alpha value is -6.35. The highest BCUT2D eigenvalue weighted by Gasteiger charge is 2.48. The lowest BCUT2D eigenvalue weighted by molar-refractivity contribution is 0.633. The molecule has 4 nitrogen and oxygen atoms in total. The molecule has 2 spiro atoms. The molecule has 2 saturated heterocycles. The van der Waals surface area contributed by atoms with Gasteiger partial charge in [-0.25, -0.2) is 0 Å². The maximum Gasteiger partial charge on any atom is 0.179 e. The molecule has 6 heterocycles. The van der Waals surface area contributed by atoms with E-state index < -0.39 is 16.1 Å². The minimum atomic E-state index is -1.83. The second kappa shape index (κ2) is 12.1. The fourth-order valence-electron chi connectivity index (χ4n) is 12.7.